The minimum Gasteiger partial charge on any atom is -0.388 e. The van der Waals surface area contributed by atoms with E-state index in [-0.39, 0.29) is 29.6 Å². The molecule has 1 amide bonds. The van der Waals surface area contributed by atoms with Crippen molar-refractivity contribution in [3.8, 4) is 0 Å². The number of hydrogen-bond acceptors (Lipinski definition) is 5. The second-order valence-corrected chi connectivity index (χ2v) is 12.0. The quantitative estimate of drug-likeness (QED) is 0.397. The van der Waals surface area contributed by atoms with Crippen LogP contribution in [-0.2, 0) is 11.2 Å². The maximum Gasteiger partial charge on any atom is 0.243 e. The van der Waals surface area contributed by atoms with Crippen molar-refractivity contribution < 1.29 is 14.3 Å². The predicted octanol–water partition coefficient (Wildman–Crippen LogP) is 5.85. The number of allylic oxidation sites excluding steroid dienone is 1. The van der Waals surface area contributed by atoms with Crippen LogP contribution in [0.5, 0.6) is 0 Å². The van der Waals surface area contributed by atoms with Crippen molar-refractivity contribution >= 4 is 29.1 Å². The van der Waals surface area contributed by atoms with Crippen LogP contribution in [-0.4, -0.2) is 46.0 Å². The van der Waals surface area contributed by atoms with Crippen molar-refractivity contribution in [2.75, 3.05) is 12.3 Å². The summed E-state index contributed by atoms with van der Waals surface area (Å²) in [6.07, 6.45) is 6.49. The molecular formula is C30H40FN3O2S. The van der Waals surface area contributed by atoms with Gasteiger partial charge in [-0.15, -0.1) is 0 Å². The number of aliphatic imine (C=N–C) groups is 2. The van der Waals surface area contributed by atoms with Gasteiger partial charge in [-0.3, -0.25) is 14.8 Å². The number of rotatable bonds is 9. The minimum atomic E-state index is -0.517. The van der Waals surface area contributed by atoms with Crippen molar-refractivity contribution in [2.24, 2.45) is 33.7 Å². The zero-order chi connectivity index (χ0) is 26.5. The Morgan fingerprint density at radius 3 is 2.97 bits per heavy atom. The number of benzene rings is 1. The molecule has 7 unspecified atom stereocenters. The molecule has 2 bridgehead atoms. The number of nitrogens with one attached hydrogen (secondary N) is 1. The summed E-state index contributed by atoms with van der Waals surface area (Å²) in [5.74, 6) is 1.26. The molecule has 2 fully saturated rings. The number of fused-ring (bicyclic) bond motifs is 2. The maximum absolute atomic E-state index is 15.1. The van der Waals surface area contributed by atoms with Crippen LogP contribution < -0.4 is 5.32 Å². The Balaban J connectivity index is 1.51. The predicted molar refractivity (Wildman–Crippen MR) is 152 cm³/mol. The average Bonchev–Trinajstić information content (AvgIpc) is 3.48. The molecule has 1 aliphatic heterocycles. The molecule has 3 aliphatic rings. The van der Waals surface area contributed by atoms with Gasteiger partial charge in [0.1, 0.15) is 0 Å². The highest BCUT2D eigenvalue weighted by atomic mass is 32.2. The molecule has 2 N–H and O–H groups in total. The third-order valence-corrected chi connectivity index (χ3v) is 9.95. The van der Waals surface area contributed by atoms with E-state index < -0.39 is 6.10 Å². The molecule has 1 heterocycles. The van der Waals surface area contributed by atoms with Gasteiger partial charge in [-0.2, -0.15) is 11.8 Å². The van der Waals surface area contributed by atoms with E-state index in [1.165, 1.54) is 17.8 Å². The average molecular weight is 526 g/mol. The van der Waals surface area contributed by atoms with E-state index >= 15 is 4.39 Å². The summed E-state index contributed by atoms with van der Waals surface area (Å²) in [7, 11) is 0. The molecule has 37 heavy (non-hydrogen) atoms. The van der Waals surface area contributed by atoms with E-state index in [1.54, 1.807) is 0 Å². The van der Waals surface area contributed by atoms with Crippen LogP contribution in [0.4, 0.5) is 4.39 Å². The van der Waals surface area contributed by atoms with Gasteiger partial charge in [0.25, 0.3) is 0 Å². The largest absolute Gasteiger partial charge is 0.388 e. The molecule has 7 heteroatoms. The molecular weight excluding hydrogens is 485 g/mol. The van der Waals surface area contributed by atoms with Crippen molar-refractivity contribution in [1.82, 2.24) is 5.32 Å². The molecule has 2 saturated carbocycles. The summed E-state index contributed by atoms with van der Waals surface area (Å²) in [5.41, 5.74) is 3.63. The summed E-state index contributed by atoms with van der Waals surface area (Å²) in [6.45, 7) is 10.3. The van der Waals surface area contributed by atoms with Crippen LogP contribution in [0.1, 0.15) is 63.7 Å². The van der Waals surface area contributed by atoms with Gasteiger partial charge < -0.3 is 10.4 Å². The molecule has 4 rings (SSSR count). The Morgan fingerprint density at radius 2 is 2.22 bits per heavy atom. The molecule has 1 aromatic rings. The fourth-order valence-corrected chi connectivity index (χ4v) is 7.54. The van der Waals surface area contributed by atoms with Gasteiger partial charge in [-0.05, 0) is 74.0 Å². The second-order valence-electron chi connectivity index (χ2n) is 10.7. The van der Waals surface area contributed by atoms with Gasteiger partial charge in [0.2, 0.25) is 5.91 Å². The first-order chi connectivity index (χ1) is 17.8. The third-order valence-electron chi connectivity index (χ3n) is 8.47. The molecule has 0 radical (unpaired) electrons. The van der Waals surface area contributed by atoms with Crippen LogP contribution in [0.25, 0.3) is 0 Å². The van der Waals surface area contributed by atoms with Gasteiger partial charge >= 0.3 is 0 Å². The number of carbonyl (C=O) groups excluding carboxylic acids is 1. The van der Waals surface area contributed by atoms with Gasteiger partial charge in [0.05, 0.1) is 24.1 Å². The summed E-state index contributed by atoms with van der Waals surface area (Å²) in [6, 6.07) is 8.12. The topological polar surface area (TPSA) is 74.0 Å². The van der Waals surface area contributed by atoms with E-state index in [9.17, 15) is 9.90 Å². The first-order valence-electron chi connectivity index (χ1n) is 13.6. The monoisotopic (exact) mass is 525 g/mol. The SMILES string of the molecule is C=CC(=O)NCC1C2CC(SCC(O)c3cccc(CC)c3)C(C2)C1N=C1CCC(C)C(C)=NC=C1F. The molecule has 7 atom stereocenters. The third kappa shape index (κ3) is 6.61. The summed E-state index contributed by atoms with van der Waals surface area (Å²) in [4.78, 5) is 21.3. The normalized spacial score (nSPS) is 31.3. The van der Waals surface area contributed by atoms with Crippen LogP contribution in [0.15, 0.2) is 58.9 Å². The molecule has 0 saturated heterocycles. The lowest BCUT2D eigenvalue weighted by Crippen LogP contribution is -2.41. The van der Waals surface area contributed by atoms with Gasteiger partial charge in [-0.25, -0.2) is 4.39 Å². The van der Waals surface area contributed by atoms with Crippen LogP contribution in [0, 0.1) is 23.7 Å². The lowest BCUT2D eigenvalue weighted by molar-refractivity contribution is -0.116. The summed E-state index contributed by atoms with van der Waals surface area (Å²) >= 11 is 1.82. The van der Waals surface area contributed by atoms with Gasteiger partial charge in [0.15, 0.2) is 5.83 Å². The number of aliphatic hydroxyl groups is 1. The lowest BCUT2D eigenvalue weighted by Gasteiger charge is -2.34. The van der Waals surface area contributed by atoms with E-state index in [1.807, 2.05) is 30.8 Å². The fraction of sp³-hybridized carbons (Fsp3) is 0.567. The van der Waals surface area contributed by atoms with Crippen molar-refractivity contribution in [3.05, 3.63) is 60.1 Å². The van der Waals surface area contributed by atoms with Gasteiger partial charge in [-0.1, -0.05) is 44.7 Å². The number of halogens is 1. The van der Waals surface area contributed by atoms with Crippen molar-refractivity contribution in [2.45, 2.75) is 70.3 Å². The van der Waals surface area contributed by atoms with Crippen molar-refractivity contribution in [1.29, 1.82) is 0 Å². The lowest BCUT2D eigenvalue weighted by atomic mass is 9.84. The first-order valence-corrected chi connectivity index (χ1v) is 14.6. The molecule has 1 aromatic carbocycles. The number of aryl methyl sites for hydroxylation is 1. The first kappa shape index (κ1) is 27.8. The zero-order valence-electron chi connectivity index (χ0n) is 22.2. The Bertz CT molecular complexity index is 1080. The molecule has 5 nitrogen and oxygen atoms in total. The van der Waals surface area contributed by atoms with Crippen LogP contribution in [0.3, 0.4) is 0 Å². The number of hydrogen-bond donors (Lipinski definition) is 2. The number of aliphatic hydroxyl groups excluding tert-OH is 1. The maximum atomic E-state index is 15.1. The van der Waals surface area contributed by atoms with E-state index in [0.29, 0.717) is 41.5 Å². The smallest absolute Gasteiger partial charge is 0.243 e. The fourth-order valence-electron chi connectivity index (χ4n) is 6.02. The number of thioether (sulfide) groups is 1. The Hall–Kier alpha value is -2.25. The van der Waals surface area contributed by atoms with Crippen molar-refractivity contribution in [3.63, 3.8) is 0 Å². The minimum absolute atomic E-state index is 0.0594. The highest BCUT2D eigenvalue weighted by molar-refractivity contribution is 7.99. The number of nitrogens with zero attached hydrogens (tertiary/aromatic N) is 2. The Morgan fingerprint density at radius 1 is 1.41 bits per heavy atom. The standard InChI is InChI=1S/C30H40FN3O2S/c1-5-20-8-7-9-21(12-20)27(35)17-37-28-14-22-13-23(28)30(24(22)15-33-29(36)6-2)34-26-11-10-18(3)19(4)32-16-25(26)31/h6-9,12,16,18,22-24,27-28,30,35H,2,5,10-11,13-15,17H2,1,3-4H3,(H,33,36). The zero-order valence-corrected chi connectivity index (χ0v) is 23.0. The van der Waals surface area contributed by atoms with E-state index in [4.69, 9.17) is 4.99 Å². The Kier molecular flexibility index (Phi) is 9.41. The summed E-state index contributed by atoms with van der Waals surface area (Å²) in [5, 5.41) is 14.2. The molecule has 200 valence electrons. The number of carbonyl (C=O) groups is 1. The summed E-state index contributed by atoms with van der Waals surface area (Å²) < 4.78 is 15.1. The van der Waals surface area contributed by atoms with Gasteiger partial charge in [0, 0.05) is 29.2 Å². The second kappa shape index (κ2) is 12.5. The highest BCUT2D eigenvalue weighted by Crippen LogP contribution is 2.54. The number of amides is 1. The van der Waals surface area contributed by atoms with Crippen LogP contribution in [0.2, 0.25) is 0 Å². The van der Waals surface area contributed by atoms with E-state index in [0.717, 1.165) is 37.0 Å². The molecule has 0 aromatic heterocycles. The van der Waals surface area contributed by atoms with Crippen LogP contribution >= 0.6 is 11.8 Å². The molecule has 2 aliphatic carbocycles. The highest BCUT2D eigenvalue weighted by Gasteiger charge is 2.53. The molecule has 0 spiro atoms. The Labute approximate surface area is 224 Å². The van der Waals surface area contributed by atoms with E-state index in [2.05, 4.69) is 42.9 Å².